The summed E-state index contributed by atoms with van der Waals surface area (Å²) in [5, 5.41) is 0. The molecule has 2 rings (SSSR count). The van der Waals surface area contributed by atoms with Gasteiger partial charge in [-0.15, -0.1) is 5.92 Å². The van der Waals surface area contributed by atoms with E-state index in [1.54, 1.807) is 0 Å². The maximum absolute atomic E-state index is 5.64. The third kappa shape index (κ3) is 12.1. The van der Waals surface area contributed by atoms with Gasteiger partial charge in [0, 0.05) is 13.0 Å². The number of ether oxygens (including phenoxy) is 2. The average molecular weight is 391 g/mol. The van der Waals surface area contributed by atoms with Crippen LogP contribution in [0.3, 0.4) is 0 Å². The Hall–Kier alpha value is -0.520. The Morgan fingerprint density at radius 2 is 1.46 bits per heavy atom. The van der Waals surface area contributed by atoms with Crippen molar-refractivity contribution >= 4 is 0 Å². The van der Waals surface area contributed by atoms with Gasteiger partial charge in [0.2, 0.25) is 0 Å². The highest BCUT2D eigenvalue weighted by Crippen LogP contribution is 2.45. The number of unbranched alkanes of at least 4 members (excludes halogenated alkanes) is 10. The minimum atomic E-state index is 0.000308. The van der Waals surface area contributed by atoms with Crippen LogP contribution in [0.1, 0.15) is 122 Å². The number of hydrogen-bond acceptors (Lipinski definition) is 2. The normalized spacial score (nSPS) is 24.0. The van der Waals surface area contributed by atoms with Gasteiger partial charge < -0.3 is 9.47 Å². The molecule has 0 amide bonds. The molecular formula is C26H46O2. The van der Waals surface area contributed by atoms with Crippen LogP contribution in [0, 0.1) is 23.7 Å². The van der Waals surface area contributed by atoms with Crippen molar-refractivity contribution in [1.29, 1.82) is 0 Å². The smallest absolute Gasteiger partial charge is 0.158 e. The molecule has 2 aliphatic rings. The van der Waals surface area contributed by atoms with Crippen molar-refractivity contribution in [3.05, 3.63) is 0 Å². The van der Waals surface area contributed by atoms with Gasteiger partial charge in [-0.05, 0) is 43.9 Å². The summed E-state index contributed by atoms with van der Waals surface area (Å²) in [5.74, 6) is 8.56. The molecule has 0 spiro atoms. The third-order valence-corrected chi connectivity index (χ3v) is 6.48. The summed E-state index contributed by atoms with van der Waals surface area (Å²) >= 11 is 0. The van der Waals surface area contributed by atoms with Crippen LogP contribution < -0.4 is 0 Å². The van der Waals surface area contributed by atoms with Crippen molar-refractivity contribution in [2.24, 2.45) is 11.8 Å². The van der Waals surface area contributed by atoms with Crippen molar-refractivity contribution in [2.45, 2.75) is 129 Å². The lowest BCUT2D eigenvalue weighted by Crippen LogP contribution is -2.22. The van der Waals surface area contributed by atoms with Gasteiger partial charge >= 0.3 is 0 Å². The average Bonchev–Trinajstić information content (AvgIpc) is 3.47. The molecule has 1 aliphatic carbocycles. The summed E-state index contributed by atoms with van der Waals surface area (Å²) in [5.41, 5.74) is 0. The van der Waals surface area contributed by atoms with E-state index in [1.165, 1.54) is 103 Å². The molecule has 3 atom stereocenters. The third-order valence-electron chi connectivity index (χ3n) is 6.48. The maximum Gasteiger partial charge on any atom is 0.158 e. The Balaban J connectivity index is 1.29. The Bertz CT molecular complexity index is 416. The summed E-state index contributed by atoms with van der Waals surface area (Å²) in [7, 11) is 0. The zero-order chi connectivity index (χ0) is 19.7. The zero-order valence-corrected chi connectivity index (χ0v) is 18.7. The van der Waals surface area contributed by atoms with Crippen molar-refractivity contribution < 1.29 is 9.47 Å². The van der Waals surface area contributed by atoms with Crippen LogP contribution in [0.15, 0.2) is 0 Å². The fourth-order valence-electron chi connectivity index (χ4n) is 4.47. The molecule has 1 aliphatic heterocycles. The van der Waals surface area contributed by atoms with E-state index < -0.39 is 0 Å². The highest BCUT2D eigenvalue weighted by atomic mass is 16.7. The highest BCUT2D eigenvalue weighted by Gasteiger charge is 2.34. The quantitative estimate of drug-likeness (QED) is 0.199. The molecule has 162 valence electrons. The van der Waals surface area contributed by atoms with E-state index in [0.717, 1.165) is 31.3 Å². The van der Waals surface area contributed by atoms with E-state index >= 15 is 0 Å². The molecule has 1 heterocycles. The second kappa shape index (κ2) is 16.3. The van der Waals surface area contributed by atoms with E-state index in [2.05, 4.69) is 18.8 Å². The molecular weight excluding hydrogens is 344 g/mol. The van der Waals surface area contributed by atoms with Crippen LogP contribution in [0.5, 0.6) is 0 Å². The van der Waals surface area contributed by atoms with E-state index in [1.807, 2.05) is 0 Å². The first-order valence-electron chi connectivity index (χ1n) is 12.6. The van der Waals surface area contributed by atoms with Gasteiger partial charge in [-0.25, -0.2) is 0 Å². The monoisotopic (exact) mass is 390 g/mol. The zero-order valence-electron chi connectivity index (χ0n) is 18.7. The first-order chi connectivity index (χ1) is 13.9. The first-order valence-corrected chi connectivity index (χ1v) is 12.6. The summed E-state index contributed by atoms with van der Waals surface area (Å²) in [4.78, 5) is 0. The van der Waals surface area contributed by atoms with E-state index in [-0.39, 0.29) is 6.29 Å². The molecule has 1 saturated heterocycles. The molecule has 0 aromatic heterocycles. The molecule has 2 nitrogen and oxygen atoms in total. The maximum atomic E-state index is 5.64. The predicted octanol–water partition coefficient (Wildman–Crippen LogP) is 7.65. The van der Waals surface area contributed by atoms with Crippen molar-refractivity contribution in [3.63, 3.8) is 0 Å². The van der Waals surface area contributed by atoms with Crippen LogP contribution in [0.4, 0.5) is 0 Å². The largest absolute Gasteiger partial charge is 0.353 e. The van der Waals surface area contributed by atoms with Crippen molar-refractivity contribution in [3.8, 4) is 11.8 Å². The van der Waals surface area contributed by atoms with Crippen LogP contribution in [-0.2, 0) is 9.47 Å². The topological polar surface area (TPSA) is 18.5 Å². The summed E-state index contributed by atoms with van der Waals surface area (Å²) < 4.78 is 11.2. The fraction of sp³-hybridized carbons (Fsp3) is 0.923. The van der Waals surface area contributed by atoms with E-state index in [0.29, 0.717) is 6.61 Å². The molecule has 0 bridgehead atoms. The van der Waals surface area contributed by atoms with Gasteiger partial charge in [-0.2, -0.15) is 0 Å². The minimum absolute atomic E-state index is 0.000308. The lowest BCUT2D eigenvalue weighted by atomic mass is 10.0. The van der Waals surface area contributed by atoms with E-state index in [9.17, 15) is 0 Å². The molecule has 0 aromatic carbocycles. The van der Waals surface area contributed by atoms with Gasteiger partial charge in [0.05, 0.1) is 0 Å². The molecule has 1 unspecified atom stereocenters. The Labute approximate surface area is 175 Å². The SMILES string of the molecule is CCCCCCCCCC[C@@H]1C[C@@H]1CCCCCC#CCOC1CCCCO1. The minimum Gasteiger partial charge on any atom is -0.353 e. The van der Waals surface area contributed by atoms with Gasteiger partial charge in [0.1, 0.15) is 6.61 Å². The Morgan fingerprint density at radius 3 is 2.14 bits per heavy atom. The molecule has 0 aromatic rings. The van der Waals surface area contributed by atoms with Gasteiger partial charge in [-0.3, -0.25) is 0 Å². The van der Waals surface area contributed by atoms with Crippen molar-refractivity contribution in [2.75, 3.05) is 13.2 Å². The number of hydrogen-bond donors (Lipinski definition) is 0. The molecule has 2 fully saturated rings. The molecule has 28 heavy (non-hydrogen) atoms. The lowest BCUT2D eigenvalue weighted by molar-refractivity contribution is -0.154. The summed E-state index contributed by atoms with van der Waals surface area (Å²) in [6.45, 7) is 3.68. The Kier molecular flexibility index (Phi) is 13.8. The van der Waals surface area contributed by atoms with Crippen LogP contribution in [0.2, 0.25) is 0 Å². The fourth-order valence-corrected chi connectivity index (χ4v) is 4.47. The lowest BCUT2D eigenvalue weighted by Gasteiger charge is -2.21. The van der Waals surface area contributed by atoms with Gasteiger partial charge in [0.15, 0.2) is 6.29 Å². The molecule has 0 N–H and O–H groups in total. The van der Waals surface area contributed by atoms with E-state index in [4.69, 9.17) is 9.47 Å². The predicted molar refractivity (Wildman–Crippen MR) is 119 cm³/mol. The van der Waals surface area contributed by atoms with Crippen LogP contribution in [0.25, 0.3) is 0 Å². The van der Waals surface area contributed by atoms with Crippen molar-refractivity contribution in [1.82, 2.24) is 0 Å². The summed E-state index contributed by atoms with van der Waals surface area (Å²) in [6, 6.07) is 0. The molecule has 0 radical (unpaired) electrons. The Morgan fingerprint density at radius 1 is 0.786 bits per heavy atom. The number of rotatable bonds is 16. The van der Waals surface area contributed by atoms with Gasteiger partial charge in [0.25, 0.3) is 0 Å². The summed E-state index contributed by atoms with van der Waals surface area (Å²) in [6.07, 6.45) is 24.6. The first kappa shape index (κ1) is 23.8. The molecule has 1 saturated carbocycles. The standard InChI is InChI=1S/C26H46O2/c1-2-3-4-5-6-7-10-13-18-24-23-25(24)19-14-11-8-9-12-16-21-27-26-20-15-17-22-28-26/h24-26H,2-11,13-15,17-23H2,1H3/t24-,25+,26?/m1/s1. The van der Waals surface area contributed by atoms with Gasteiger partial charge in [-0.1, -0.05) is 89.9 Å². The van der Waals surface area contributed by atoms with Crippen LogP contribution in [-0.4, -0.2) is 19.5 Å². The second-order valence-electron chi connectivity index (χ2n) is 9.08. The highest BCUT2D eigenvalue weighted by molar-refractivity contribution is 4.99. The molecule has 2 heteroatoms. The second-order valence-corrected chi connectivity index (χ2v) is 9.08. The van der Waals surface area contributed by atoms with Crippen LogP contribution >= 0.6 is 0 Å².